The van der Waals surface area contributed by atoms with Crippen LogP contribution in [0.3, 0.4) is 0 Å². The van der Waals surface area contributed by atoms with Crippen LogP contribution in [0, 0.1) is 12.3 Å². The first-order chi connectivity index (χ1) is 22.9. The molecule has 0 saturated heterocycles. The largest absolute Gasteiger partial charge is 0.494 e. The number of Topliss-reactive ketones (excluding diaryl/α,β-unsaturated/α-hetero) is 1. The van der Waals surface area contributed by atoms with E-state index in [-0.39, 0.29) is 5.78 Å². The highest BCUT2D eigenvalue weighted by Gasteiger charge is 2.17. The van der Waals surface area contributed by atoms with Crippen molar-refractivity contribution < 1.29 is 9.53 Å². The van der Waals surface area contributed by atoms with Crippen LogP contribution in [0.25, 0.3) is 11.1 Å². The fourth-order valence-electron chi connectivity index (χ4n) is 5.77. The summed E-state index contributed by atoms with van der Waals surface area (Å²) < 4.78 is 5.75. The van der Waals surface area contributed by atoms with E-state index in [2.05, 4.69) is 117 Å². The lowest BCUT2D eigenvalue weighted by Crippen LogP contribution is -2.07. The van der Waals surface area contributed by atoms with Gasteiger partial charge in [0.15, 0.2) is 5.78 Å². The molecule has 0 saturated carbocycles. The lowest BCUT2D eigenvalue weighted by Gasteiger charge is -2.19. The highest BCUT2D eigenvalue weighted by atomic mass is 16.5. The molecule has 0 spiro atoms. The Morgan fingerprint density at radius 3 is 2.02 bits per heavy atom. The maximum atomic E-state index is 13.9. The zero-order valence-corrected chi connectivity index (χ0v) is 31.5. The van der Waals surface area contributed by atoms with Crippen molar-refractivity contribution in [2.45, 2.75) is 120 Å². The van der Waals surface area contributed by atoms with Gasteiger partial charge in [0, 0.05) is 12.0 Å². The van der Waals surface area contributed by atoms with E-state index in [9.17, 15) is 4.79 Å². The number of terminal acetylenes is 1. The highest BCUT2D eigenvalue weighted by Crippen LogP contribution is 2.32. The first kappa shape index (κ1) is 40.1. The Balaban J connectivity index is 2.44. The zero-order chi connectivity index (χ0) is 35.8. The maximum absolute atomic E-state index is 13.9. The van der Waals surface area contributed by atoms with Crippen molar-refractivity contribution in [2.75, 3.05) is 6.61 Å². The molecule has 0 aliphatic carbocycles. The van der Waals surface area contributed by atoms with Crippen LogP contribution in [0.5, 0.6) is 5.75 Å². The molecule has 2 nitrogen and oxygen atoms in total. The van der Waals surface area contributed by atoms with E-state index < -0.39 is 0 Å². The SMILES string of the molecule is C#C/C(C)=C/C(CC(=O)C(/C=C(\C)c1cc(CCC)c(CCC(=C)Cc2ccc(OCCC)cc2)cc1C(=C)C)=C(\C)CC)=C(/C)CC. The van der Waals surface area contributed by atoms with Crippen molar-refractivity contribution in [3.63, 3.8) is 0 Å². The summed E-state index contributed by atoms with van der Waals surface area (Å²) in [7, 11) is 0. The monoisotopic (exact) mass is 644 g/mol. The summed E-state index contributed by atoms with van der Waals surface area (Å²) in [6.45, 7) is 28.4. The van der Waals surface area contributed by atoms with Gasteiger partial charge in [0.25, 0.3) is 0 Å². The second kappa shape index (κ2) is 20.3. The number of rotatable bonds is 19. The smallest absolute Gasteiger partial charge is 0.167 e. The van der Waals surface area contributed by atoms with Crippen molar-refractivity contribution in [1.29, 1.82) is 0 Å². The van der Waals surface area contributed by atoms with Gasteiger partial charge in [0.05, 0.1) is 6.61 Å². The van der Waals surface area contributed by atoms with Crippen molar-refractivity contribution in [1.82, 2.24) is 0 Å². The fourth-order valence-corrected chi connectivity index (χ4v) is 5.77. The molecule has 0 atom stereocenters. The summed E-state index contributed by atoms with van der Waals surface area (Å²) in [5, 5.41) is 0. The molecule has 0 aliphatic rings. The van der Waals surface area contributed by atoms with Crippen molar-refractivity contribution in [3.05, 3.63) is 123 Å². The molecule has 2 aromatic rings. The highest BCUT2D eigenvalue weighted by molar-refractivity contribution is 6.02. The number of hydrogen-bond donors (Lipinski definition) is 0. The standard InChI is InChI=1S/C46H60O2/c1-13-18-39-30-44(37(12)28-45(36(11)17-5)46(47)31-41(35(10)16-4)27-33(8)15-3)43(32(6)7)29-40(39)22-19-34(9)26-38-20-23-42(24-21-38)48-25-14-2/h3,20-21,23-24,27-30H,6,9,13-14,16-19,22,25-26,31H2,1-2,4-5,7-8,10-12H3/b33-27+,37-28+,41-35+,45-36+. The average Bonchev–Trinajstić information content (AvgIpc) is 3.08. The third-order valence-corrected chi connectivity index (χ3v) is 9.04. The number of carbonyl (C=O) groups is 1. The van der Waals surface area contributed by atoms with Crippen LogP contribution in [-0.2, 0) is 24.1 Å². The quantitative estimate of drug-likeness (QED) is 0.0658. The molecule has 48 heavy (non-hydrogen) atoms. The molecule has 0 unspecified atom stereocenters. The second-order valence-electron chi connectivity index (χ2n) is 13.2. The van der Waals surface area contributed by atoms with Crippen molar-refractivity contribution >= 4 is 16.9 Å². The summed E-state index contributed by atoms with van der Waals surface area (Å²) in [6, 6.07) is 13.1. The van der Waals surface area contributed by atoms with Gasteiger partial charge in [0.2, 0.25) is 0 Å². The van der Waals surface area contributed by atoms with Crippen LogP contribution >= 0.6 is 0 Å². The van der Waals surface area contributed by atoms with Gasteiger partial charge >= 0.3 is 0 Å². The zero-order valence-electron chi connectivity index (χ0n) is 31.5. The predicted molar refractivity (Wildman–Crippen MR) is 210 cm³/mol. The van der Waals surface area contributed by atoms with E-state index in [0.717, 1.165) is 108 Å². The number of allylic oxidation sites excluding steroid dienone is 10. The summed E-state index contributed by atoms with van der Waals surface area (Å²) >= 11 is 0. The minimum atomic E-state index is 0.126. The Bertz CT molecular complexity index is 1610. The molecule has 2 rings (SSSR count). The molecule has 0 aliphatic heterocycles. The van der Waals surface area contributed by atoms with Gasteiger partial charge in [-0.3, -0.25) is 4.79 Å². The number of carbonyl (C=O) groups excluding carboxylic acids is 1. The van der Waals surface area contributed by atoms with Crippen molar-refractivity contribution in [3.8, 4) is 18.1 Å². The first-order valence-electron chi connectivity index (χ1n) is 17.8. The predicted octanol–water partition coefficient (Wildman–Crippen LogP) is 12.6. The van der Waals surface area contributed by atoms with Crippen LogP contribution in [0.2, 0.25) is 0 Å². The summed E-state index contributed by atoms with van der Waals surface area (Å²) in [6.07, 6.45) is 17.6. The Morgan fingerprint density at radius 1 is 0.833 bits per heavy atom. The molecular weight excluding hydrogens is 585 g/mol. The van der Waals surface area contributed by atoms with Gasteiger partial charge in [0.1, 0.15) is 5.75 Å². The second-order valence-corrected chi connectivity index (χ2v) is 13.2. The molecule has 0 bridgehead atoms. The average molecular weight is 645 g/mol. The van der Waals surface area contributed by atoms with Crippen LogP contribution in [0.1, 0.15) is 129 Å². The van der Waals surface area contributed by atoms with Crippen LogP contribution in [0.15, 0.2) is 95.1 Å². The molecule has 0 heterocycles. The Labute approximate surface area is 293 Å². The topological polar surface area (TPSA) is 26.3 Å². The van der Waals surface area contributed by atoms with E-state index in [1.165, 1.54) is 27.8 Å². The van der Waals surface area contributed by atoms with Gasteiger partial charge in [-0.05, 0) is 148 Å². The lowest BCUT2D eigenvalue weighted by atomic mass is 9.86. The van der Waals surface area contributed by atoms with E-state index >= 15 is 0 Å². The third kappa shape index (κ3) is 12.2. The normalized spacial score (nSPS) is 13.0. The molecule has 2 aromatic carbocycles. The number of benzene rings is 2. The Morgan fingerprint density at radius 2 is 1.46 bits per heavy atom. The van der Waals surface area contributed by atoms with Gasteiger partial charge < -0.3 is 4.74 Å². The minimum Gasteiger partial charge on any atom is -0.494 e. The number of ketones is 1. The van der Waals surface area contributed by atoms with Gasteiger partial charge in [-0.15, -0.1) is 6.42 Å². The Kier molecular flexibility index (Phi) is 17.0. The molecule has 0 fully saturated rings. The van der Waals surface area contributed by atoms with E-state index in [1.807, 2.05) is 13.0 Å². The number of aryl methyl sites for hydroxylation is 2. The van der Waals surface area contributed by atoms with E-state index in [1.54, 1.807) is 0 Å². The third-order valence-electron chi connectivity index (χ3n) is 9.04. The van der Waals surface area contributed by atoms with Gasteiger partial charge in [-0.25, -0.2) is 0 Å². The number of hydrogen-bond acceptors (Lipinski definition) is 2. The number of ether oxygens (including phenoxy) is 1. The summed E-state index contributed by atoms with van der Waals surface area (Å²) in [4.78, 5) is 13.9. The minimum absolute atomic E-state index is 0.126. The summed E-state index contributed by atoms with van der Waals surface area (Å²) in [5.41, 5.74) is 14.5. The van der Waals surface area contributed by atoms with Gasteiger partial charge in [-0.2, -0.15) is 0 Å². The molecule has 0 N–H and O–H groups in total. The van der Waals surface area contributed by atoms with Crippen LogP contribution < -0.4 is 4.74 Å². The molecule has 2 heteroatoms. The van der Waals surface area contributed by atoms with Crippen molar-refractivity contribution in [2.24, 2.45) is 0 Å². The first-order valence-corrected chi connectivity index (χ1v) is 17.8. The van der Waals surface area contributed by atoms with E-state index in [0.29, 0.717) is 6.42 Å². The summed E-state index contributed by atoms with van der Waals surface area (Å²) in [5.74, 6) is 3.76. The maximum Gasteiger partial charge on any atom is 0.167 e. The molecule has 256 valence electrons. The lowest BCUT2D eigenvalue weighted by molar-refractivity contribution is -0.114. The van der Waals surface area contributed by atoms with E-state index in [4.69, 9.17) is 11.2 Å². The molecule has 0 aromatic heterocycles. The molecule has 0 radical (unpaired) electrons. The van der Waals surface area contributed by atoms with Crippen LogP contribution in [-0.4, -0.2) is 12.4 Å². The fraction of sp³-hybridized carbons (Fsp3) is 0.413. The molecule has 0 amide bonds. The van der Waals surface area contributed by atoms with Gasteiger partial charge in [-0.1, -0.05) is 99.8 Å². The van der Waals surface area contributed by atoms with Crippen LogP contribution in [0.4, 0.5) is 0 Å². The Hall–Kier alpha value is -4.09. The molecular formula is C46H60O2.